The van der Waals surface area contributed by atoms with Crippen molar-refractivity contribution in [2.75, 3.05) is 44.2 Å². The molecule has 8 heteroatoms. The molecule has 2 amide bonds. The van der Waals surface area contributed by atoms with Crippen LogP contribution in [0.15, 0.2) is 30.4 Å². The third kappa shape index (κ3) is 5.70. The molecular weight excluding hydrogens is 397 g/mol. The molecule has 0 aliphatic carbocycles. The smallest absolute Gasteiger partial charge is 0.256 e. The molecule has 1 aromatic rings. The molecule has 2 saturated heterocycles. The molecule has 1 aromatic carbocycles. The van der Waals surface area contributed by atoms with Crippen molar-refractivity contribution in [3.8, 4) is 5.75 Å². The summed E-state index contributed by atoms with van der Waals surface area (Å²) >= 11 is 0. The molecule has 0 spiro atoms. The van der Waals surface area contributed by atoms with Crippen molar-refractivity contribution >= 4 is 29.9 Å². The Hall–Kier alpha value is -2.12. The van der Waals surface area contributed by atoms with Gasteiger partial charge in [0.1, 0.15) is 11.6 Å². The van der Waals surface area contributed by atoms with Crippen LogP contribution in [-0.2, 0) is 9.59 Å². The fourth-order valence-corrected chi connectivity index (χ4v) is 3.64. The standard InChI is InChI=1S/C21H28FN3O3.ClH/c1-15(2)28-19-6-5-17(22)14-18(19)24-11-9-23(10-12-24)7-4-8-25-20(26)13-16(3)21(25)27;/h5-6,14-15H,3-4,7-13H2,1-2H3;1H. The van der Waals surface area contributed by atoms with Crippen molar-refractivity contribution in [3.63, 3.8) is 0 Å². The van der Waals surface area contributed by atoms with Gasteiger partial charge < -0.3 is 9.64 Å². The molecule has 0 saturated carbocycles. The first-order chi connectivity index (χ1) is 13.3. The number of carbonyl (C=O) groups excluding carboxylic acids is 2. The van der Waals surface area contributed by atoms with E-state index in [1.165, 1.54) is 17.0 Å². The predicted octanol–water partition coefficient (Wildman–Crippen LogP) is 2.86. The summed E-state index contributed by atoms with van der Waals surface area (Å²) in [5, 5.41) is 0. The van der Waals surface area contributed by atoms with Gasteiger partial charge in [-0.3, -0.25) is 19.4 Å². The Balaban J connectivity index is 0.00000300. The normalized spacial score (nSPS) is 17.9. The molecular formula is C21H29ClFN3O3. The molecule has 0 bridgehead atoms. The first kappa shape index (κ1) is 23.2. The lowest BCUT2D eigenvalue weighted by Gasteiger charge is -2.37. The average Bonchev–Trinajstić information content (AvgIpc) is 2.89. The number of benzene rings is 1. The molecule has 0 N–H and O–H groups in total. The second kappa shape index (κ2) is 10.1. The predicted molar refractivity (Wildman–Crippen MR) is 113 cm³/mol. The van der Waals surface area contributed by atoms with Gasteiger partial charge >= 0.3 is 0 Å². The molecule has 2 heterocycles. The Morgan fingerprint density at radius 3 is 2.41 bits per heavy atom. The van der Waals surface area contributed by atoms with Crippen molar-refractivity contribution in [3.05, 3.63) is 36.2 Å². The Morgan fingerprint density at radius 2 is 1.83 bits per heavy atom. The molecule has 29 heavy (non-hydrogen) atoms. The number of rotatable bonds is 7. The zero-order chi connectivity index (χ0) is 20.3. The van der Waals surface area contributed by atoms with Crippen molar-refractivity contribution in [1.82, 2.24) is 9.80 Å². The molecule has 0 aromatic heterocycles. The summed E-state index contributed by atoms with van der Waals surface area (Å²) in [5.41, 5.74) is 1.17. The second-order valence-electron chi connectivity index (χ2n) is 7.59. The van der Waals surface area contributed by atoms with Crippen LogP contribution in [0.2, 0.25) is 0 Å². The number of carbonyl (C=O) groups is 2. The van der Waals surface area contributed by atoms with E-state index in [1.54, 1.807) is 6.07 Å². The highest BCUT2D eigenvalue weighted by atomic mass is 35.5. The summed E-state index contributed by atoms with van der Waals surface area (Å²) in [6.45, 7) is 12.0. The maximum Gasteiger partial charge on any atom is 0.256 e. The Kier molecular flexibility index (Phi) is 8.05. The van der Waals surface area contributed by atoms with E-state index >= 15 is 0 Å². The minimum atomic E-state index is -0.268. The lowest BCUT2D eigenvalue weighted by atomic mass is 10.2. The van der Waals surface area contributed by atoms with E-state index in [-0.39, 0.29) is 42.6 Å². The molecule has 0 radical (unpaired) electrons. The minimum absolute atomic E-state index is 0. The average molecular weight is 426 g/mol. The molecule has 0 unspecified atom stereocenters. The number of imide groups is 1. The van der Waals surface area contributed by atoms with Crippen LogP contribution in [0.5, 0.6) is 5.75 Å². The van der Waals surface area contributed by atoms with E-state index in [9.17, 15) is 14.0 Å². The lowest BCUT2D eigenvalue weighted by molar-refractivity contribution is -0.137. The number of amides is 2. The maximum atomic E-state index is 13.8. The van der Waals surface area contributed by atoms with E-state index in [0.717, 1.165) is 44.8 Å². The third-order valence-corrected chi connectivity index (χ3v) is 5.07. The quantitative estimate of drug-likeness (QED) is 0.496. The van der Waals surface area contributed by atoms with Gasteiger partial charge in [-0.25, -0.2) is 4.39 Å². The van der Waals surface area contributed by atoms with Crippen LogP contribution in [0.1, 0.15) is 26.7 Å². The number of halogens is 2. The number of piperazine rings is 1. The van der Waals surface area contributed by atoms with Crippen LogP contribution < -0.4 is 9.64 Å². The third-order valence-electron chi connectivity index (χ3n) is 5.07. The van der Waals surface area contributed by atoms with Crippen LogP contribution in [0.3, 0.4) is 0 Å². The summed E-state index contributed by atoms with van der Waals surface area (Å²) in [6.07, 6.45) is 0.913. The van der Waals surface area contributed by atoms with Gasteiger partial charge in [0.15, 0.2) is 0 Å². The minimum Gasteiger partial charge on any atom is -0.489 e. The monoisotopic (exact) mass is 425 g/mol. The highest BCUT2D eigenvalue weighted by Gasteiger charge is 2.32. The zero-order valence-electron chi connectivity index (χ0n) is 17.0. The topological polar surface area (TPSA) is 53.1 Å². The van der Waals surface area contributed by atoms with Gasteiger partial charge in [-0.05, 0) is 38.9 Å². The lowest BCUT2D eigenvalue weighted by Crippen LogP contribution is -2.47. The number of hydrogen-bond donors (Lipinski definition) is 0. The summed E-state index contributed by atoms with van der Waals surface area (Å²) in [7, 11) is 0. The fourth-order valence-electron chi connectivity index (χ4n) is 3.64. The van der Waals surface area contributed by atoms with Crippen LogP contribution in [0, 0.1) is 5.82 Å². The van der Waals surface area contributed by atoms with Gasteiger partial charge in [-0.1, -0.05) is 6.58 Å². The number of likely N-dealkylation sites (tertiary alicyclic amines) is 1. The molecule has 160 valence electrons. The summed E-state index contributed by atoms with van der Waals surface area (Å²) in [4.78, 5) is 29.4. The molecule has 2 aliphatic rings. The largest absolute Gasteiger partial charge is 0.489 e. The molecule has 3 rings (SSSR count). The number of nitrogens with zero attached hydrogens (tertiary/aromatic N) is 3. The van der Waals surface area contributed by atoms with Crippen molar-refractivity contribution < 1.29 is 18.7 Å². The number of ether oxygens (including phenoxy) is 1. The number of anilines is 1. The summed E-state index contributed by atoms with van der Waals surface area (Å²) < 4.78 is 19.6. The molecule has 6 nitrogen and oxygen atoms in total. The van der Waals surface area contributed by atoms with E-state index in [2.05, 4.69) is 16.4 Å². The van der Waals surface area contributed by atoms with E-state index in [0.29, 0.717) is 17.9 Å². The van der Waals surface area contributed by atoms with E-state index in [1.807, 2.05) is 13.8 Å². The van der Waals surface area contributed by atoms with Crippen LogP contribution in [0.25, 0.3) is 0 Å². The van der Waals surface area contributed by atoms with Crippen molar-refractivity contribution in [1.29, 1.82) is 0 Å². The Morgan fingerprint density at radius 1 is 1.14 bits per heavy atom. The van der Waals surface area contributed by atoms with Gasteiger partial charge in [0.25, 0.3) is 5.91 Å². The first-order valence-electron chi connectivity index (χ1n) is 9.81. The van der Waals surface area contributed by atoms with Gasteiger partial charge in [0.05, 0.1) is 18.2 Å². The highest BCUT2D eigenvalue weighted by Crippen LogP contribution is 2.31. The first-order valence-corrected chi connectivity index (χ1v) is 9.81. The van der Waals surface area contributed by atoms with Crippen LogP contribution in [0.4, 0.5) is 10.1 Å². The van der Waals surface area contributed by atoms with Crippen LogP contribution >= 0.6 is 12.4 Å². The zero-order valence-corrected chi connectivity index (χ0v) is 17.8. The summed E-state index contributed by atoms with van der Waals surface area (Å²) in [5.74, 6) is 0.0495. The van der Waals surface area contributed by atoms with Gasteiger partial charge in [-0.2, -0.15) is 0 Å². The van der Waals surface area contributed by atoms with E-state index < -0.39 is 0 Å². The van der Waals surface area contributed by atoms with Gasteiger partial charge in [-0.15, -0.1) is 12.4 Å². The molecule has 2 aliphatic heterocycles. The fraction of sp³-hybridized carbons (Fsp3) is 0.524. The number of hydrogen-bond acceptors (Lipinski definition) is 5. The van der Waals surface area contributed by atoms with Crippen molar-refractivity contribution in [2.24, 2.45) is 0 Å². The Bertz CT molecular complexity index is 764. The summed E-state index contributed by atoms with van der Waals surface area (Å²) in [6, 6.07) is 4.65. The molecule has 0 atom stereocenters. The maximum absolute atomic E-state index is 13.8. The van der Waals surface area contributed by atoms with Gasteiger partial charge in [0, 0.05) is 44.4 Å². The van der Waals surface area contributed by atoms with Gasteiger partial charge in [0.2, 0.25) is 5.91 Å². The highest BCUT2D eigenvalue weighted by molar-refractivity contribution is 6.12. The second-order valence-corrected chi connectivity index (χ2v) is 7.59. The Labute approximate surface area is 177 Å². The van der Waals surface area contributed by atoms with Crippen LogP contribution in [-0.4, -0.2) is 67.0 Å². The SMILES string of the molecule is C=C1CC(=O)N(CCCN2CCN(c3cc(F)ccc3OC(C)C)CC2)C1=O.Cl. The van der Waals surface area contributed by atoms with Crippen molar-refractivity contribution in [2.45, 2.75) is 32.8 Å². The van der Waals surface area contributed by atoms with E-state index in [4.69, 9.17) is 4.74 Å². The molecule has 2 fully saturated rings.